The Kier molecular flexibility index (Phi) is 4.72. The van der Waals surface area contributed by atoms with Crippen molar-refractivity contribution in [2.75, 3.05) is 19.6 Å². The van der Waals surface area contributed by atoms with Crippen LogP contribution in [0.5, 0.6) is 0 Å². The molecule has 0 atom stereocenters. The number of likely N-dealkylation sites (tertiary alicyclic amines) is 1. The maximum Gasteiger partial charge on any atom is 0.0217 e. The summed E-state index contributed by atoms with van der Waals surface area (Å²) in [6.07, 6.45) is 2.69. The van der Waals surface area contributed by atoms with E-state index in [9.17, 15) is 0 Å². The van der Waals surface area contributed by atoms with E-state index in [1.54, 1.807) is 0 Å². The molecule has 3 rings (SSSR count). The first-order valence-electron chi connectivity index (χ1n) is 8.15. The van der Waals surface area contributed by atoms with Crippen LogP contribution in [-0.2, 0) is 0 Å². The normalized spacial score (nSPS) is 17.2. The third-order valence-electron chi connectivity index (χ3n) is 4.72. The molecule has 0 amide bonds. The molecular formula is C20H25N. The summed E-state index contributed by atoms with van der Waals surface area (Å²) in [6.45, 7) is 6.01. The molecular weight excluding hydrogens is 254 g/mol. The van der Waals surface area contributed by atoms with Crippen molar-refractivity contribution < 1.29 is 0 Å². The van der Waals surface area contributed by atoms with Gasteiger partial charge in [-0.3, -0.25) is 0 Å². The zero-order valence-corrected chi connectivity index (χ0v) is 12.9. The van der Waals surface area contributed by atoms with E-state index in [1.807, 2.05) is 0 Å². The number of benzene rings is 2. The summed E-state index contributed by atoms with van der Waals surface area (Å²) in [7, 11) is 0. The SMILES string of the molecule is CC1CCN(CC(c2ccccc2)c2ccccc2)CC1. The van der Waals surface area contributed by atoms with Gasteiger partial charge in [-0.25, -0.2) is 0 Å². The van der Waals surface area contributed by atoms with Gasteiger partial charge in [-0.2, -0.15) is 0 Å². The molecule has 0 bridgehead atoms. The largest absolute Gasteiger partial charge is 0.302 e. The maximum atomic E-state index is 2.64. The summed E-state index contributed by atoms with van der Waals surface area (Å²) in [5.41, 5.74) is 2.87. The molecule has 0 N–H and O–H groups in total. The molecule has 0 spiro atoms. The smallest absolute Gasteiger partial charge is 0.0217 e. The van der Waals surface area contributed by atoms with Crippen LogP contribution < -0.4 is 0 Å². The van der Waals surface area contributed by atoms with Crippen LogP contribution in [0.4, 0.5) is 0 Å². The van der Waals surface area contributed by atoms with Crippen molar-refractivity contribution in [3.63, 3.8) is 0 Å². The van der Waals surface area contributed by atoms with E-state index in [-0.39, 0.29) is 0 Å². The Morgan fingerprint density at radius 2 is 1.33 bits per heavy atom. The number of hydrogen-bond donors (Lipinski definition) is 0. The van der Waals surface area contributed by atoms with Crippen molar-refractivity contribution in [2.24, 2.45) is 5.92 Å². The minimum Gasteiger partial charge on any atom is -0.302 e. The highest BCUT2D eigenvalue weighted by Gasteiger charge is 2.21. The summed E-state index contributed by atoms with van der Waals surface area (Å²) in [4.78, 5) is 2.64. The molecule has 1 heterocycles. The van der Waals surface area contributed by atoms with Crippen LogP contribution in [0, 0.1) is 5.92 Å². The fourth-order valence-corrected chi connectivity index (χ4v) is 3.28. The molecule has 110 valence electrons. The first-order valence-corrected chi connectivity index (χ1v) is 8.15. The van der Waals surface area contributed by atoms with Gasteiger partial charge in [-0.15, -0.1) is 0 Å². The van der Waals surface area contributed by atoms with Gasteiger partial charge >= 0.3 is 0 Å². The molecule has 1 heteroatoms. The lowest BCUT2D eigenvalue weighted by Crippen LogP contribution is -2.36. The second-order valence-electron chi connectivity index (χ2n) is 6.36. The molecule has 0 unspecified atom stereocenters. The van der Waals surface area contributed by atoms with Gasteiger partial charge in [0, 0.05) is 12.5 Å². The molecule has 0 aliphatic carbocycles. The second kappa shape index (κ2) is 6.91. The molecule has 2 aromatic rings. The summed E-state index contributed by atoms with van der Waals surface area (Å²) in [5, 5.41) is 0. The van der Waals surface area contributed by atoms with Crippen LogP contribution >= 0.6 is 0 Å². The van der Waals surface area contributed by atoms with E-state index in [0.29, 0.717) is 5.92 Å². The van der Waals surface area contributed by atoms with Crippen molar-refractivity contribution in [3.05, 3.63) is 71.8 Å². The lowest BCUT2D eigenvalue weighted by Gasteiger charge is -2.33. The highest BCUT2D eigenvalue weighted by molar-refractivity contribution is 5.32. The van der Waals surface area contributed by atoms with Gasteiger partial charge in [0.2, 0.25) is 0 Å². The fraction of sp³-hybridized carbons (Fsp3) is 0.400. The number of hydrogen-bond acceptors (Lipinski definition) is 1. The first kappa shape index (κ1) is 14.3. The van der Waals surface area contributed by atoms with Gasteiger partial charge in [0.15, 0.2) is 0 Å². The molecule has 21 heavy (non-hydrogen) atoms. The summed E-state index contributed by atoms with van der Waals surface area (Å²) >= 11 is 0. The quantitative estimate of drug-likeness (QED) is 0.793. The predicted molar refractivity (Wildman–Crippen MR) is 89.6 cm³/mol. The molecule has 1 aliphatic rings. The Labute approximate surface area is 128 Å². The Morgan fingerprint density at radius 1 is 0.857 bits per heavy atom. The Hall–Kier alpha value is -1.60. The number of nitrogens with zero attached hydrogens (tertiary/aromatic N) is 1. The first-order chi connectivity index (χ1) is 10.3. The molecule has 1 fully saturated rings. The van der Waals surface area contributed by atoms with Gasteiger partial charge in [0.1, 0.15) is 0 Å². The van der Waals surface area contributed by atoms with E-state index in [4.69, 9.17) is 0 Å². The van der Waals surface area contributed by atoms with Crippen LogP contribution in [0.25, 0.3) is 0 Å². The molecule has 0 radical (unpaired) electrons. The average Bonchev–Trinajstić information content (AvgIpc) is 2.56. The standard InChI is InChI=1S/C20H25N/c1-17-12-14-21(15-13-17)16-20(18-8-4-2-5-9-18)19-10-6-3-7-11-19/h2-11,17,20H,12-16H2,1H3. The summed E-state index contributed by atoms with van der Waals surface area (Å²) in [6, 6.07) is 21.9. The van der Waals surface area contributed by atoms with Crippen LogP contribution in [0.2, 0.25) is 0 Å². The van der Waals surface area contributed by atoms with E-state index < -0.39 is 0 Å². The zero-order valence-electron chi connectivity index (χ0n) is 12.9. The third-order valence-corrected chi connectivity index (χ3v) is 4.72. The van der Waals surface area contributed by atoms with Gasteiger partial charge in [0.25, 0.3) is 0 Å². The van der Waals surface area contributed by atoms with Crippen LogP contribution in [0.1, 0.15) is 36.8 Å². The minimum atomic E-state index is 0.487. The Bertz CT molecular complexity index is 487. The maximum absolute atomic E-state index is 2.64. The lowest BCUT2D eigenvalue weighted by atomic mass is 9.89. The Morgan fingerprint density at radius 3 is 1.81 bits per heavy atom. The summed E-state index contributed by atoms with van der Waals surface area (Å²) in [5.74, 6) is 1.38. The lowest BCUT2D eigenvalue weighted by molar-refractivity contribution is 0.187. The molecule has 2 aromatic carbocycles. The van der Waals surface area contributed by atoms with Crippen LogP contribution in [0.15, 0.2) is 60.7 Å². The molecule has 1 aliphatic heterocycles. The highest BCUT2D eigenvalue weighted by atomic mass is 15.1. The van der Waals surface area contributed by atoms with Gasteiger partial charge in [-0.1, -0.05) is 67.6 Å². The predicted octanol–water partition coefficient (Wildman–Crippen LogP) is 4.55. The molecule has 0 aromatic heterocycles. The zero-order chi connectivity index (χ0) is 14.5. The van der Waals surface area contributed by atoms with E-state index >= 15 is 0 Å². The molecule has 1 nitrogen and oxygen atoms in total. The topological polar surface area (TPSA) is 3.24 Å². The van der Waals surface area contributed by atoms with Crippen LogP contribution in [0.3, 0.4) is 0 Å². The van der Waals surface area contributed by atoms with Crippen molar-refractivity contribution in [1.82, 2.24) is 4.90 Å². The second-order valence-corrected chi connectivity index (χ2v) is 6.36. The molecule has 1 saturated heterocycles. The average molecular weight is 279 g/mol. The van der Waals surface area contributed by atoms with Gasteiger partial charge < -0.3 is 4.90 Å². The Balaban J connectivity index is 1.80. The summed E-state index contributed by atoms with van der Waals surface area (Å²) < 4.78 is 0. The van der Waals surface area contributed by atoms with E-state index in [1.165, 1.54) is 37.1 Å². The van der Waals surface area contributed by atoms with Crippen molar-refractivity contribution in [3.8, 4) is 0 Å². The van der Waals surface area contributed by atoms with Crippen LogP contribution in [-0.4, -0.2) is 24.5 Å². The minimum absolute atomic E-state index is 0.487. The molecule has 0 saturated carbocycles. The highest BCUT2D eigenvalue weighted by Crippen LogP contribution is 2.27. The third kappa shape index (κ3) is 3.74. The van der Waals surface area contributed by atoms with Crippen molar-refractivity contribution in [2.45, 2.75) is 25.7 Å². The fourth-order valence-electron chi connectivity index (χ4n) is 3.28. The number of piperidine rings is 1. The van der Waals surface area contributed by atoms with Crippen molar-refractivity contribution >= 4 is 0 Å². The van der Waals surface area contributed by atoms with E-state index in [0.717, 1.165) is 12.5 Å². The van der Waals surface area contributed by atoms with Gasteiger partial charge in [0.05, 0.1) is 0 Å². The monoisotopic (exact) mass is 279 g/mol. The van der Waals surface area contributed by atoms with Gasteiger partial charge in [-0.05, 0) is 43.0 Å². The number of rotatable bonds is 4. The van der Waals surface area contributed by atoms with E-state index in [2.05, 4.69) is 72.5 Å². The van der Waals surface area contributed by atoms with Crippen molar-refractivity contribution in [1.29, 1.82) is 0 Å².